The smallest absolute Gasteiger partial charge is 0.146 e. The zero-order valence-corrected chi connectivity index (χ0v) is 27.8. The molecule has 1 aliphatic rings. The maximum atomic E-state index is 11.2. The number of hydrogen-bond donors (Lipinski definition) is 2. The van der Waals surface area contributed by atoms with Gasteiger partial charge in [0.2, 0.25) is 0 Å². The molecule has 2 aromatic rings. The number of nitrogens with zero attached hydrogens (tertiary/aromatic N) is 2. The lowest BCUT2D eigenvalue weighted by molar-refractivity contribution is 0.0511. The number of fused-ring (bicyclic) bond motifs is 1. The van der Waals surface area contributed by atoms with E-state index in [4.69, 9.17) is 17.4 Å². The van der Waals surface area contributed by atoms with Gasteiger partial charge in [0.25, 0.3) is 0 Å². The molecule has 0 saturated carbocycles. The molecule has 1 N–H and O–H groups in total. The van der Waals surface area contributed by atoms with E-state index >= 15 is 0 Å². The molecule has 0 aliphatic carbocycles. The largest absolute Gasteiger partial charge is 0.507 e. The monoisotopic (exact) mass is 568 g/mol. The Hall–Kier alpha value is -1.75. The highest BCUT2D eigenvalue weighted by molar-refractivity contribution is 7.80. The van der Waals surface area contributed by atoms with Gasteiger partial charge in [0.15, 0.2) is 0 Å². The van der Waals surface area contributed by atoms with Gasteiger partial charge >= 0.3 is 0 Å². The Bertz CT molecular complexity index is 1110. The van der Waals surface area contributed by atoms with E-state index in [1.807, 2.05) is 26.8 Å². The molecule has 3 rings (SSSR count). The summed E-state index contributed by atoms with van der Waals surface area (Å²) in [4.78, 5) is 9.30. The van der Waals surface area contributed by atoms with Gasteiger partial charge in [0.1, 0.15) is 22.9 Å². The van der Waals surface area contributed by atoms with Crippen LogP contribution in [0.5, 0.6) is 11.5 Å². The molecule has 0 bridgehead atoms. The Morgan fingerprint density at radius 1 is 0.875 bits per heavy atom. The lowest BCUT2D eigenvalue weighted by Gasteiger charge is -2.39. The highest BCUT2D eigenvalue weighted by Gasteiger charge is 2.36. The van der Waals surface area contributed by atoms with Gasteiger partial charge in [-0.3, -0.25) is 0 Å². The number of thiol groups is 1. The Morgan fingerprint density at radius 3 is 2.00 bits per heavy atom. The molecule has 0 radical (unpaired) electrons. The van der Waals surface area contributed by atoms with Gasteiger partial charge in [-0.2, -0.15) is 12.6 Å². The van der Waals surface area contributed by atoms with Gasteiger partial charge in [-0.05, 0) is 95.2 Å². The minimum absolute atomic E-state index is 0.189. The van der Waals surface area contributed by atoms with E-state index in [1.165, 1.54) is 51.4 Å². The molecule has 1 aromatic carbocycles. The van der Waals surface area contributed by atoms with Gasteiger partial charge in [-0.25, -0.2) is 9.97 Å². The van der Waals surface area contributed by atoms with Gasteiger partial charge in [-0.15, -0.1) is 0 Å². The number of hydrogen-bond acceptors (Lipinski definition) is 5. The Labute approximate surface area is 250 Å². The lowest BCUT2D eigenvalue weighted by atomic mass is 9.83. The average Bonchev–Trinajstić information content (AvgIpc) is 2.87. The van der Waals surface area contributed by atoms with Crippen LogP contribution >= 0.6 is 12.6 Å². The number of phenolic OH excluding ortho intramolecular Hbond substituents is 1. The van der Waals surface area contributed by atoms with Crippen molar-refractivity contribution in [2.24, 2.45) is 17.8 Å². The zero-order valence-electron chi connectivity index (χ0n) is 26.9. The number of rotatable bonds is 14. The van der Waals surface area contributed by atoms with Crippen LogP contribution in [0.1, 0.15) is 144 Å². The van der Waals surface area contributed by atoms with E-state index < -0.39 is 5.25 Å². The van der Waals surface area contributed by atoms with Crippen molar-refractivity contribution in [2.75, 3.05) is 0 Å². The number of phenols is 1. The summed E-state index contributed by atoms with van der Waals surface area (Å²) in [6.07, 6.45) is 13.5. The average molecular weight is 569 g/mol. The summed E-state index contributed by atoms with van der Waals surface area (Å²) in [6, 6.07) is 1.96. The summed E-state index contributed by atoms with van der Waals surface area (Å²) in [7, 11) is 0. The van der Waals surface area contributed by atoms with Crippen molar-refractivity contribution in [2.45, 2.75) is 144 Å². The van der Waals surface area contributed by atoms with Crippen molar-refractivity contribution < 1.29 is 9.84 Å². The van der Waals surface area contributed by atoms with Gasteiger partial charge in [0, 0.05) is 22.5 Å². The molecule has 0 saturated heterocycles. The van der Waals surface area contributed by atoms with Crippen molar-refractivity contribution in [3.05, 3.63) is 45.5 Å². The summed E-state index contributed by atoms with van der Waals surface area (Å²) < 4.78 is 6.82. The summed E-state index contributed by atoms with van der Waals surface area (Å²) in [5.41, 5.74) is 5.39. The van der Waals surface area contributed by atoms with E-state index in [2.05, 4.69) is 51.5 Å². The second kappa shape index (κ2) is 14.4. The third-order valence-electron chi connectivity index (χ3n) is 9.16. The molecule has 4 nitrogen and oxygen atoms in total. The normalized spacial score (nSPS) is 19.3. The molecular weight excluding hydrogens is 512 g/mol. The van der Waals surface area contributed by atoms with E-state index in [-0.39, 0.29) is 5.60 Å². The number of benzene rings is 1. The number of aryl methyl sites for hydroxylation is 2. The number of aromatic hydroxyl groups is 1. The molecule has 0 fully saturated rings. The van der Waals surface area contributed by atoms with Crippen LogP contribution in [0.25, 0.3) is 0 Å². The maximum absolute atomic E-state index is 11.2. The molecular formula is C35H56N2O2S. The number of aromatic nitrogens is 2. The minimum Gasteiger partial charge on any atom is -0.507 e. The molecule has 5 heteroatoms. The van der Waals surface area contributed by atoms with Crippen molar-refractivity contribution in [1.29, 1.82) is 0 Å². The van der Waals surface area contributed by atoms with Crippen molar-refractivity contribution in [1.82, 2.24) is 9.97 Å². The first-order valence-electron chi connectivity index (χ1n) is 15.9. The van der Waals surface area contributed by atoms with Crippen LogP contribution in [0, 0.1) is 45.4 Å². The first kappa shape index (κ1) is 32.8. The summed E-state index contributed by atoms with van der Waals surface area (Å²) in [5, 5.41) is 10.8. The number of ether oxygens (including phenoxy) is 1. The Kier molecular flexibility index (Phi) is 11.8. The van der Waals surface area contributed by atoms with Gasteiger partial charge < -0.3 is 9.84 Å². The van der Waals surface area contributed by atoms with Crippen LogP contribution in [-0.2, 0) is 6.42 Å². The molecule has 4 atom stereocenters. The van der Waals surface area contributed by atoms with Gasteiger partial charge in [-0.1, -0.05) is 72.6 Å². The summed E-state index contributed by atoms with van der Waals surface area (Å²) in [5.74, 6) is 4.31. The van der Waals surface area contributed by atoms with Crippen LogP contribution in [0.2, 0.25) is 0 Å². The topological polar surface area (TPSA) is 55.2 Å². The third kappa shape index (κ3) is 8.63. The lowest BCUT2D eigenvalue weighted by Crippen LogP contribution is -2.37. The molecule has 224 valence electrons. The van der Waals surface area contributed by atoms with Crippen LogP contribution in [-0.4, -0.2) is 20.7 Å². The van der Waals surface area contributed by atoms with E-state index in [0.29, 0.717) is 11.6 Å². The second-order valence-corrected chi connectivity index (χ2v) is 14.2. The van der Waals surface area contributed by atoms with E-state index in [1.54, 1.807) is 0 Å². The SMILES string of the molecule is Cc1cc(C)nc(C(S)c2c(O)c(C)c(C)c3c2CCC(C)(CCCC(C)CCCC(C)CCCC(C)C)O3)n1. The summed E-state index contributed by atoms with van der Waals surface area (Å²) in [6.45, 7) is 19.8. The van der Waals surface area contributed by atoms with Crippen molar-refractivity contribution >= 4 is 12.6 Å². The fraction of sp³-hybridized carbons (Fsp3) is 0.714. The molecule has 40 heavy (non-hydrogen) atoms. The molecule has 1 aliphatic heterocycles. The van der Waals surface area contributed by atoms with Crippen molar-refractivity contribution in [3.63, 3.8) is 0 Å². The van der Waals surface area contributed by atoms with Crippen LogP contribution in [0.4, 0.5) is 0 Å². The van der Waals surface area contributed by atoms with Crippen LogP contribution in [0.15, 0.2) is 6.07 Å². The van der Waals surface area contributed by atoms with E-state index in [9.17, 15) is 5.11 Å². The zero-order chi connectivity index (χ0) is 29.6. The molecule has 0 amide bonds. The molecule has 0 spiro atoms. The van der Waals surface area contributed by atoms with Crippen LogP contribution < -0.4 is 4.74 Å². The Balaban J connectivity index is 1.60. The fourth-order valence-electron chi connectivity index (χ4n) is 6.39. The maximum Gasteiger partial charge on any atom is 0.146 e. The minimum atomic E-state index is -0.404. The molecule has 1 aromatic heterocycles. The predicted octanol–water partition coefficient (Wildman–Crippen LogP) is 9.96. The summed E-state index contributed by atoms with van der Waals surface area (Å²) >= 11 is 4.94. The fourth-order valence-corrected chi connectivity index (χ4v) is 6.79. The standard InChI is InChI=1S/C35H56N2O2S/c1-22(2)13-10-14-23(3)15-11-16-24(4)17-12-19-35(9)20-18-29-30(31(38)27(7)28(8)32(29)39-35)33(40)34-36-25(5)21-26(6)37-34/h21-24,33,38,40H,10-20H2,1-9H3. The van der Waals surface area contributed by atoms with E-state index in [0.717, 1.165) is 76.4 Å². The molecule has 2 heterocycles. The van der Waals surface area contributed by atoms with Crippen LogP contribution in [0.3, 0.4) is 0 Å². The first-order chi connectivity index (χ1) is 18.8. The first-order valence-corrected chi connectivity index (χ1v) is 16.4. The molecule has 4 unspecified atom stereocenters. The van der Waals surface area contributed by atoms with Crippen molar-refractivity contribution in [3.8, 4) is 11.5 Å². The van der Waals surface area contributed by atoms with Gasteiger partial charge in [0.05, 0.1) is 5.25 Å². The second-order valence-electron chi connectivity index (χ2n) is 13.6. The highest BCUT2D eigenvalue weighted by Crippen LogP contribution is 2.49. The quantitative estimate of drug-likeness (QED) is 0.223. The highest BCUT2D eigenvalue weighted by atomic mass is 32.1. The Morgan fingerprint density at radius 2 is 1.43 bits per heavy atom. The third-order valence-corrected chi connectivity index (χ3v) is 9.65. The predicted molar refractivity (Wildman–Crippen MR) is 172 cm³/mol.